The fourth-order valence-electron chi connectivity index (χ4n) is 0.136. The Bertz CT molecular complexity index is 129. The molecule has 0 radical (unpaired) electrons. The fraction of sp³-hybridized carbons (Fsp3) is 0. The molecule has 10 heavy (non-hydrogen) atoms. The molecule has 0 aliphatic rings. The summed E-state index contributed by atoms with van der Waals surface area (Å²) in [5.41, 5.74) is 0. The third-order valence-electron chi connectivity index (χ3n) is 0.355. The molecule has 6 heteroatoms. The smallest absolute Gasteiger partial charge is 0.737 e. The van der Waals surface area contributed by atoms with Crippen molar-refractivity contribution < 1.29 is 73.8 Å². The number of hydrogen-bond acceptors (Lipinski definition) is 4. The first kappa shape index (κ1) is 17.3. The summed E-state index contributed by atoms with van der Waals surface area (Å²) < 4.78 is 0. The molecule has 0 atom stereocenters. The largest absolute Gasteiger partial charge is 1.00 e. The van der Waals surface area contributed by atoms with Crippen molar-refractivity contribution in [1.29, 1.82) is 0 Å². The molecule has 3 nitrogen and oxygen atoms in total. The van der Waals surface area contributed by atoms with Crippen molar-refractivity contribution in [2.24, 2.45) is 0 Å². The summed E-state index contributed by atoms with van der Waals surface area (Å²) in [6.07, 6.45) is 1.35. The number of carbonyl (C=O) groups is 2. The number of carboxylic acids is 1. The zero-order valence-electron chi connectivity index (χ0n) is 5.79. The van der Waals surface area contributed by atoms with Crippen LogP contribution in [0.1, 0.15) is 0 Å². The van der Waals surface area contributed by atoms with Crippen LogP contribution in [0.4, 0.5) is 0 Å². The molecule has 0 spiro atoms. The van der Waals surface area contributed by atoms with E-state index in [9.17, 15) is 14.7 Å². The predicted octanol–water partition coefficient (Wildman–Crippen LogP) is -7.63. The normalized spacial score (nSPS) is 7.60. The van der Waals surface area contributed by atoms with Gasteiger partial charge in [0, 0.05) is 5.12 Å². The van der Waals surface area contributed by atoms with Gasteiger partial charge in [-0.2, -0.15) is 0 Å². The Morgan fingerprint density at radius 1 is 1.20 bits per heavy atom. The van der Waals surface area contributed by atoms with Crippen LogP contribution in [0.25, 0.3) is 0 Å². The molecule has 0 rings (SSSR count). The molecule has 44 valence electrons. The minimum absolute atomic E-state index is 0. The van der Waals surface area contributed by atoms with Crippen LogP contribution in [0.5, 0.6) is 0 Å². The van der Waals surface area contributed by atoms with Gasteiger partial charge in [-0.1, -0.05) is 0 Å². The van der Waals surface area contributed by atoms with E-state index in [4.69, 9.17) is 0 Å². The van der Waals surface area contributed by atoms with E-state index in [0.29, 0.717) is 6.08 Å². The third kappa shape index (κ3) is 16.0. The molecule has 0 bridgehead atoms. The summed E-state index contributed by atoms with van der Waals surface area (Å²) in [5, 5.41) is 8.79. The van der Waals surface area contributed by atoms with Crippen molar-refractivity contribution in [2.45, 2.75) is 0 Å². The van der Waals surface area contributed by atoms with Crippen LogP contribution < -0.4 is 64.2 Å². The molecule has 0 amide bonds. The molecule has 0 heterocycles. The number of hydrogen-bond donors (Lipinski definition) is 0. The van der Waals surface area contributed by atoms with E-state index in [1.807, 2.05) is 0 Å². The van der Waals surface area contributed by atoms with Crippen molar-refractivity contribution in [3.8, 4) is 0 Å². The van der Waals surface area contributed by atoms with Gasteiger partial charge in [-0.3, -0.25) is 0 Å². The van der Waals surface area contributed by atoms with Crippen LogP contribution in [-0.2, 0) is 22.2 Å². The van der Waals surface area contributed by atoms with E-state index < -0.39 is 11.1 Å². The minimum atomic E-state index is -1.41. The molecule has 0 N–H and O–H groups in total. The van der Waals surface area contributed by atoms with Gasteiger partial charge in [0.1, 0.15) is 0 Å². The maximum Gasteiger partial charge on any atom is 1.00 e. The van der Waals surface area contributed by atoms with Gasteiger partial charge in [0.2, 0.25) is 0 Å². The van der Waals surface area contributed by atoms with E-state index in [2.05, 4.69) is 12.6 Å². The Hall–Kier alpha value is 1.10. The Balaban J connectivity index is -0.000000245. The number of carboxylic acid groups (broad SMARTS) is 1. The van der Waals surface area contributed by atoms with Gasteiger partial charge in [-0.15, -0.1) is 0 Å². The van der Waals surface area contributed by atoms with Crippen molar-refractivity contribution in [1.82, 2.24) is 0 Å². The number of aliphatic carboxylic acids is 1. The van der Waals surface area contributed by atoms with Gasteiger partial charge in [0.25, 0.3) is 0 Å². The van der Waals surface area contributed by atoms with E-state index in [-0.39, 0.29) is 59.1 Å². The summed E-state index contributed by atoms with van der Waals surface area (Å²) in [7, 11) is 0. The SMILES string of the molecule is O=C([O-])/C=C\C(=O)[S-].[Na+].[Na+]. The maximum atomic E-state index is 9.79. The Morgan fingerprint density at radius 2 is 1.60 bits per heavy atom. The van der Waals surface area contributed by atoms with Gasteiger partial charge in [0.05, 0.1) is 5.97 Å². The zero-order chi connectivity index (χ0) is 6.57. The second kappa shape index (κ2) is 10.1. The third-order valence-corrected chi connectivity index (χ3v) is 0.492. The second-order valence-corrected chi connectivity index (χ2v) is 1.37. The first-order valence-corrected chi connectivity index (χ1v) is 2.14. The molecule has 0 saturated heterocycles. The molecule has 0 aromatic carbocycles. The Labute approximate surface area is 108 Å². The maximum absolute atomic E-state index is 9.79. The molecule has 0 aliphatic carbocycles. The van der Waals surface area contributed by atoms with Crippen molar-refractivity contribution in [3.05, 3.63) is 12.2 Å². The van der Waals surface area contributed by atoms with Gasteiger partial charge in [-0.05, 0) is 12.2 Å². The molecule has 0 aromatic heterocycles. The van der Waals surface area contributed by atoms with E-state index in [1.54, 1.807) is 0 Å². The summed E-state index contributed by atoms with van der Waals surface area (Å²) in [4.78, 5) is 19.3. The molecule has 0 saturated carbocycles. The van der Waals surface area contributed by atoms with E-state index in [0.717, 1.165) is 6.08 Å². The molecule has 0 aliphatic heterocycles. The van der Waals surface area contributed by atoms with Crippen molar-refractivity contribution >= 4 is 23.7 Å². The van der Waals surface area contributed by atoms with Crippen molar-refractivity contribution in [3.63, 3.8) is 0 Å². The van der Waals surface area contributed by atoms with Crippen LogP contribution in [0, 0.1) is 0 Å². The molecule has 0 unspecified atom stereocenters. The van der Waals surface area contributed by atoms with Gasteiger partial charge < -0.3 is 27.3 Å². The molecular formula is C4H2Na2O3S. The Morgan fingerprint density at radius 3 is 1.70 bits per heavy atom. The summed E-state index contributed by atoms with van der Waals surface area (Å²) in [5.74, 6) is -1.41. The molecular weight excluding hydrogens is 174 g/mol. The van der Waals surface area contributed by atoms with E-state index in [1.165, 1.54) is 0 Å². The average Bonchev–Trinajstić information content (AvgIpc) is 1.61. The van der Waals surface area contributed by atoms with Gasteiger partial charge >= 0.3 is 59.1 Å². The van der Waals surface area contributed by atoms with Crippen LogP contribution in [0.2, 0.25) is 0 Å². The first-order chi connectivity index (χ1) is 3.63. The summed E-state index contributed by atoms with van der Waals surface area (Å²) in [6, 6.07) is 0. The van der Waals surface area contributed by atoms with Crippen molar-refractivity contribution in [2.75, 3.05) is 0 Å². The second-order valence-electron chi connectivity index (χ2n) is 0.971. The number of rotatable bonds is 2. The zero-order valence-corrected chi connectivity index (χ0v) is 10.6. The summed E-state index contributed by atoms with van der Waals surface area (Å²) in [6.45, 7) is 0. The quantitative estimate of drug-likeness (QED) is 0.238. The standard InChI is InChI=1S/C4H4O3S.2Na/c5-3(6)1-2-4(7)8;;/h1-2H,(H,5,6)(H,7,8);;/q;2*+1/p-2/b2-1-;;. The molecule has 0 aromatic rings. The topological polar surface area (TPSA) is 57.2 Å². The van der Waals surface area contributed by atoms with Crippen LogP contribution in [-0.4, -0.2) is 11.1 Å². The van der Waals surface area contributed by atoms with Gasteiger partial charge in [-0.25, -0.2) is 0 Å². The minimum Gasteiger partial charge on any atom is -0.737 e. The number of carbonyl (C=O) groups excluding carboxylic acids is 2. The van der Waals surface area contributed by atoms with Gasteiger partial charge in [0.15, 0.2) is 0 Å². The average molecular weight is 176 g/mol. The first-order valence-electron chi connectivity index (χ1n) is 1.73. The monoisotopic (exact) mass is 176 g/mol. The molecule has 0 fully saturated rings. The van der Waals surface area contributed by atoms with Crippen LogP contribution >= 0.6 is 0 Å². The predicted molar refractivity (Wildman–Crippen MR) is 26.5 cm³/mol. The van der Waals surface area contributed by atoms with Crippen LogP contribution in [0.15, 0.2) is 12.2 Å². The van der Waals surface area contributed by atoms with E-state index >= 15 is 0 Å². The van der Waals surface area contributed by atoms with Crippen LogP contribution in [0.3, 0.4) is 0 Å². The Kier molecular flexibility index (Phi) is 17.4. The fourth-order valence-corrected chi connectivity index (χ4v) is 0.204. The summed E-state index contributed by atoms with van der Waals surface area (Å²) >= 11 is 3.98.